The van der Waals surface area contributed by atoms with Crippen molar-refractivity contribution in [1.82, 2.24) is 0 Å². The average molecular weight is 372 g/mol. The number of amides is 1. The fourth-order valence-electron chi connectivity index (χ4n) is 3.57. The maximum absolute atomic E-state index is 13.3. The maximum Gasteiger partial charge on any atom is 0.298 e. The molecule has 26 heavy (non-hydrogen) atoms. The van der Waals surface area contributed by atoms with E-state index in [2.05, 4.69) is 5.10 Å². The predicted molar refractivity (Wildman–Crippen MR) is 96.5 cm³/mol. The fraction of sp³-hybridized carbons (Fsp3) is 0.222. The van der Waals surface area contributed by atoms with E-state index in [-0.39, 0.29) is 0 Å². The van der Waals surface area contributed by atoms with E-state index in [1.54, 1.807) is 49.4 Å². The van der Waals surface area contributed by atoms with Crippen LogP contribution in [0.1, 0.15) is 18.4 Å². The summed E-state index contributed by atoms with van der Waals surface area (Å²) in [7, 11) is 0. The van der Waals surface area contributed by atoms with Gasteiger partial charge in [-0.15, -0.1) is 0 Å². The second kappa shape index (κ2) is 5.81. The summed E-state index contributed by atoms with van der Waals surface area (Å²) in [4.78, 5) is 24.2. The normalized spacial score (nSPS) is 23.8. The van der Waals surface area contributed by atoms with E-state index in [0.717, 1.165) is 0 Å². The Bertz CT molecular complexity index is 947. The van der Waals surface area contributed by atoms with Crippen molar-refractivity contribution >= 4 is 28.9 Å². The van der Waals surface area contributed by atoms with E-state index < -0.39 is 28.9 Å². The second-order valence-corrected chi connectivity index (χ2v) is 6.66. The Morgan fingerprint density at radius 3 is 2.73 bits per heavy atom. The minimum Gasteiger partial charge on any atom is -0.470 e. The summed E-state index contributed by atoms with van der Waals surface area (Å²) in [5.41, 5.74) is -0.0284. The number of rotatable bonds is 3. The van der Waals surface area contributed by atoms with Crippen molar-refractivity contribution in [2.24, 2.45) is 5.10 Å². The molecule has 0 radical (unpaired) electrons. The zero-order valence-corrected chi connectivity index (χ0v) is 14.5. The summed E-state index contributed by atoms with van der Waals surface area (Å²) >= 11 is 6.07. The molecule has 2 atom stereocenters. The van der Waals surface area contributed by atoms with Gasteiger partial charge in [-0.05, 0) is 37.3 Å². The quantitative estimate of drug-likeness (QED) is 0.612. The topological polar surface area (TPSA) is 85.0 Å². The Morgan fingerprint density at radius 1 is 1.31 bits per heavy atom. The molecule has 0 aliphatic carbocycles. The molecule has 7 nitrogen and oxygen atoms in total. The molecule has 1 amide bonds. The standard InChI is InChI=1S/C18H14ClN3O4/c1-11-18(17(23)22(20-11)13-5-3-2-4-6-13)15(10-21(24)25)14-9-12(19)7-8-16(14)26-18/h2-9,15H,10H2,1H3/t15-,18+/m1/s1. The van der Waals surface area contributed by atoms with Crippen LogP contribution in [0.4, 0.5) is 5.69 Å². The highest BCUT2D eigenvalue weighted by Gasteiger charge is 2.63. The lowest BCUT2D eigenvalue weighted by atomic mass is 9.81. The SMILES string of the molecule is CC1=NN(c2ccccc2)C(=O)[C@]12Oc1ccc(Cl)cc1[C@H]2C[N+](=O)[O-]. The van der Waals surface area contributed by atoms with Crippen molar-refractivity contribution in [2.75, 3.05) is 11.6 Å². The van der Waals surface area contributed by atoms with Gasteiger partial charge in [0.2, 0.25) is 12.1 Å². The second-order valence-electron chi connectivity index (χ2n) is 6.23. The van der Waals surface area contributed by atoms with E-state index in [1.807, 2.05) is 6.07 Å². The van der Waals surface area contributed by atoms with Crippen LogP contribution in [0.15, 0.2) is 53.6 Å². The first-order valence-corrected chi connectivity index (χ1v) is 8.37. The number of para-hydroxylation sites is 1. The van der Waals surface area contributed by atoms with Crippen LogP contribution in [0.2, 0.25) is 5.02 Å². The molecule has 0 N–H and O–H groups in total. The third-order valence-corrected chi connectivity index (χ3v) is 4.97. The molecule has 2 aliphatic heterocycles. The number of carbonyl (C=O) groups excluding carboxylic acids is 1. The minimum atomic E-state index is -1.53. The van der Waals surface area contributed by atoms with Gasteiger partial charge in [0, 0.05) is 15.5 Å². The van der Waals surface area contributed by atoms with Gasteiger partial charge in [0.15, 0.2) is 0 Å². The van der Waals surface area contributed by atoms with Crippen molar-refractivity contribution < 1.29 is 14.5 Å². The summed E-state index contributed by atoms with van der Waals surface area (Å²) in [6.45, 7) is 1.19. The van der Waals surface area contributed by atoms with Gasteiger partial charge in [-0.1, -0.05) is 29.8 Å². The molecule has 0 fully saturated rings. The number of ether oxygens (including phenoxy) is 1. The molecule has 2 aromatic carbocycles. The summed E-state index contributed by atoms with van der Waals surface area (Å²) in [6.07, 6.45) is 0. The van der Waals surface area contributed by atoms with E-state index in [4.69, 9.17) is 16.3 Å². The first-order chi connectivity index (χ1) is 12.4. The summed E-state index contributed by atoms with van der Waals surface area (Å²) in [5, 5.41) is 17.3. The maximum atomic E-state index is 13.3. The minimum absolute atomic E-state index is 0.380. The number of halogens is 1. The zero-order valence-electron chi connectivity index (χ0n) is 13.8. The number of nitro groups is 1. The van der Waals surface area contributed by atoms with E-state index in [1.165, 1.54) is 5.01 Å². The third-order valence-electron chi connectivity index (χ3n) is 4.74. The summed E-state index contributed by atoms with van der Waals surface area (Å²) < 4.78 is 6.02. The van der Waals surface area contributed by atoms with Crippen LogP contribution in [-0.2, 0) is 4.79 Å². The lowest BCUT2D eigenvalue weighted by Gasteiger charge is -2.27. The van der Waals surface area contributed by atoms with Gasteiger partial charge >= 0.3 is 0 Å². The molecule has 2 aliphatic rings. The van der Waals surface area contributed by atoms with Crippen LogP contribution in [0, 0.1) is 10.1 Å². The van der Waals surface area contributed by atoms with Crippen LogP contribution in [0.25, 0.3) is 0 Å². The van der Waals surface area contributed by atoms with Gasteiger partial charge in [-0.2, -0.15) is 10.1 Å². The lowest BCUT2D eigenvalue weighted by Crippen LogP contribution is -2.54. The van der Waals surface area contributed by atoms with Crippen molar-refractivity contribution in [3.8, 4) is 5.75 Å². The Hall–Kier alpha value is -2.93. The number of hydrazone groups is 1. The van der Waals surface area contributed by atoms with Gasteiger partial charge in [0.05, 0.1) is 11.4 Å². The Balaban J connectivity index is 1.83. The number of hydrogen-bond acceptors (Lipinski definition) is 5. The predicted octanol–water partition coefficient (Wildman–Crippen LogP) is 3.25. The highest BCUT2D eigenvalue weighted by molar-refractivity contribution is 6.30. The molecule has 2 heterocycles. The highest BCUT2D eigenvalue weighted by atomic mass is 35.5. The first-order valence-electron chi connectivity index (χ1n) is 7.99. The van der Waals surface area contributed by atoms with Crippen LogP contribution in [0.5, 0.6) is 5.75 Å². The molecule has 2 aromatic rings. The number of fused-ring (bicyclic) bond motifs is 1. The zero-order chi connectivity index (χ0) is 18.5. The lowest BCUT2D eigenvalue weighted by molar-refractivity contribution is -0.484. The Morgan fingerprint density at radius 2 is 2.04 bits per heavy atom. The average Bonchev–Trinajstić information content (AvgIpc) is 3.06. The fourth-order valence-corrected chi connectivity index (χ4v) is 3.75. The van der Waals surface area contributed by atoms with Crippen molar-refractivity contribution in [2.45, 2.75) is 18.4 Å². The van der Waals surface area contributed by atoms with Crippen molar-refractivity contribution in [3.05, 3.63) is 69.2 Å². The Labute approximate surface area is 154 Å². The van der Waals surface area contributed by atoms with E-state index in [9.17, 15) is 14.9 Å². The number of nitrogens with zero attached hydrogens (tertiary/aromatic N) is 3. The molecular formula is C18H14ClN3O4. The van der Waals surface area contributed by atoms with Crippen LogP contribution in [0.3, 0.4) is 0 Å². The van der Waals surface area contributed by atoms with Gasteiger partial charge in [-0.3, -0.25) is 14.9 Å². The molecule has 8 heteroatoms. The van der Waals surface area contributed by atoms with Gasteiger partial charge in [-0.25, -0.2) is 0 Å². The van der Waals surface area contributed by atoms with Gasteiger partial charge < -0.3 is 4.74 Å². The smallest absolute Gasteiger partial charge is 0.298 e. The van der Waals surface area contributed by atoms with Crippen LogP contribution >= 0.6 is 11.6 Å². The van der Waals surface area contributed by atoms with Crippen LogP contribution in [-0.4, -0.2) is 28.7 Å². The number of hydrogen-bond donors (Lipinski definition) is 0. The first kappa shape index (κ1) is 16.5. The largest absolute Gasteiger partial charge is 0.470 e. The number of benzene rings is 2. The molecule has 0 unspecified atom stereocenters. The van der Waals surface area contributed by atoms with Crippen molar-refractivity contribution in [1.29, 1.82) is 0 Å². The highest BCUT2D eigenvalue weighted by Crippen LogP contribution is 2.49. The molecule has 0 aromatic heterocycles. The molecule has 0 saturated heterocycles. The van der Waals surface area contributed by atoms with Gasteiger partial charge in [0.25, 0.3) is 5.91 Å². The monoisotopic (exact) mass is 371 g/mol. The summed E-state index contributed by atoms with van der Waals surface area (Å²) in [5.74, 6) is -0.837. The van der Waals surface area contributed by atoms with Crippen molar-refractivity contribution in [3.63, 3.8) is 0 Å². The third kappa shape index (κ3) is 2.28. The van der Waals surface area contributed by atoms with Crippen LogP contribution < -0.4 is 9.75 Å². The summed E-state index contributed by atoms with van der Waals surface area (Å²) in [6, 6.07) is 13.8. The molecule has 1 spiro atoms. The molecular weight excluding hydrogens is 358 g/mol. The number of anilines is 1. The van der Waals surface area contributed by atoms with E-state index >= 15 is 0 Å². The molecule has 0 saturated carbocycles. The Kier molecular flexibility index (Phi) is 3.69. The van der Waals surface area contributed by atoms with Gasteiger partial charge in [0.1, 0.15) is 11.7 Å². The molecule has 0 bridgehead atoms. The van der Waals surface area contributed by atoms with E-state index in [0.29, 0.717) is 27.7 Å². The number of carbonyl (C=O) groups is 1. The molecule has 4 rings (SSSR count). The molecule has 132 valence electrons.